The van der Waals surface area contributed by atoms with Gasteiger partial charge in [-0.05, 0) is 24.3 Å². The van der Waals surface area contributed by atoms with Crippen molar-refractivity contribution < 1.29 is 0 Å². The molecule has 3 rings (SSSR count). The van der Waals surface area contributed by atoms with E-state index < -0.39 is 0 Å². The molecular weight excluding hydrogens is 202 g/mol. The minimum Gasteiger partial charge on any atom is -0.399 e. The van der Waals surface area contributed by atoms with Crippen LogP contribution in [-0.4, -0.2) is 19.7 Å². The highest BCUT2D eigenvalue weighted by Crippen LogP contribution is 2.20. The number of nitrogen functional groups attached to an aromatic ring is 1. The van der Waals surface area contributed by atoms with Crippen molar-refractivity contribution in [2.24, 2.45) is 7.05 Å². The largest absolute Gasteiger partial charge is 0.399 e. The van der Waals surface area contributed by atoms with E-state index in [0.29, 0.717) is 0 Å². The number of aryl methyl sites for hydroxylation is 1. The molecule has 0 aliphatic heterocycles. The van der Waals surface area contributed by atoms with Gasteiger partial charge in [-0.3, -0.25) is 4.68 Å². The quantitative estimate of drug-likeness (QED) is 0.602. The number of aromatic nitrogens is 4. The molecule has 0 amide bonds. The first kappa shape index (κ1) is 8.96. The van der Waals surface area contributed by atoms with E-state index in [0.717, 1.165) is 28.2 Å². The van der Waals surface area contributed by atoms with Crippen LogP contribution in [0, 0.1) is 0 Å². The molecule has 0 saturated heterocycles. The van der Waals surface area contributed by atoms with Gasteiger partial charge in [0.05, 0.1) is 11.0 Å². The summed E-state index contributed by atoms with van der Waals surface area (Å²) in [4.78, 5) is 7.71. The van der Waals surface area contributed by atoms with E-state index in [4.69, 9.17) is 5.73 Å². The average molecular weight is 213 g/mol. The Morgan fingerprint density at radius 1 is 1.31 bits per heavy atom. The van der Waals surface area contributed by atoms with Crippen molar-refractivity contribution in [1.29, 1.82) is 0 Å². The maximum absolute atomic E-state index is 5.72. The minimum absolute atomic E-state index is 0.729. The zero-order chi connectivity index (χ0) is 11.1. The van der Waals surface area contributed by atoms with Crippen molar-refractivity contribution in [2.45, 2.75) is 0 Å². The third kappa shape index (κ3) is 1.25. The van der Waals surface area contributed by atoms with Crippen LogP contribution in [-0.2, 0) is 7.05 Å². The summed E-state index contributed by atoms with van der Waals surface area (Å²) >= 11 is 0. The number of aromatic amines is 1. The Morgan fingerprint density at radius 3 is 2.94 bits per heavy atom. The molecule has 0 bridgehead atoms. The lowest BCUT2D eigenvalue weighted by molar-refractivity contribution is 0.771. The lowest BCUT2D eigenvalue weighted by atomic mass is 10.3. The second kappa shape index (κ2) is 3.10. The summed E-state index contributed by atoms with van der Waals surface area (Å²) in [6.07, 6.45) is 1.75. The van der Waals surface area contributed by atoms with E-state index in [9.17, 15) is 0 Å². The standard InChI is InChI=1S/C11H11N5/c1-16-10(4-5-13-16)11-14-8-3-2-7(12)6-9(8)15-11/h2-6H,12H2,1H3,(H,14,15). The van der Waals surface area contributed by atoms with Gasteiger partial charge in [-0.2, -0.15) is 5.10 Å². The third-order valence-electron chi connectivity index (χ3n) is 2.57. The van der Waals surface area contributed by atoms with Crippen LogP contribution in [0.2, 0.25) is 0 Å². The van der Waals surface area contributed by atoms with Gasteiger partial charge in [0.25, 0.3) is 0 Å². The summed E-state index contributed by atoms with van der Waals surface area (Å²) in [5.74, 6) is 0.806. The topological polar surface area (TPSA) is 72.5 Å². The molecule has 0 spiro atoms. The molecule has 16 heavy (non-hydrogen) atoms. The molecular formula is C11H11N5. The molecule has 0 saturated carbocycles. The molecule has 0 radical (unpaired) electrons. The molecule has 0 atom stereocenters. The summed E-state index contributed by atoms with van der Waals surface area (Å²) in [7, 11) is 1.89. The number of rotatable bonds is 1. The number of nitrogens with two attached hydrogens (primary N) is 1. The van der Waals surface area contributed by atoms with Gasteiger partial charge in [0.15, 0.2) is 5.82 Å². The number of nitrogens with one attached hydrogen (secondary N) is 1. The molecule has 3 aromatic rings. The van der Waals surface area contributed by atoms with Gasteiger partial charge in [-0.15, -0.1) is 0 Å². The Labute approximate surface area is 91.9 Å². The number of imidazole rings is 1. The lowest BCUT2D eigenvalue weighted by Crippen LogP contribution is -1.94. The number of H-pyrrole nitrogens is 1. The number of hydrogen-bond acceptors (Lipinski definition) is 3. The minimum atomic E-state index is 0.729. The molecule has 2 heterocycles. The Kier molecular flexibility index (Phi) is 1.73. The number of benzene rings is 1. The van der Waals surface area contributed by atoms with E-state index >= 15 is 0 Å². The van der Waals surface area contributed by atoms with Gasteiger partial charge in [0.2, 0.25) is 0 Å². The molecule has 5 heteroatoms. The first-order chi connectivity index (χ1) is 7.74. The second-order valence-corrected chi connectivity index (χ2v) is 3.70. The van der Waals surface area contributed by atoms with Crippen LogP contribution in [0.15, 0.2) is 30.5 Å². The summed E-state index contributed by atoms with van der Waals surface area (Å²) in [5.41, 5.74) is 9.25. The summed E-state index contributed by atoms with van der Waals surface area (Å²) in [6.45, 7) is 0. The van der Waals surface area contributed by atoms with Crippen molar-refractivity contribution in [3.05, 3.63) is 30.5 Å². The van der Waals surface area contributed by atoms with Gasteiger partial charge < -0.3 is 10.7 Å². The Hall–Kier alpha value is -2.30. The first-order valence-corrected chi connectivity index (χ1v) is 4.97. The van der Waals surface area contributed by atoms with E-state index in [1.54, 1.807) is 10.9 Å². The fourth-order valence-electron chi connectivity index (χ4n) is 1.75. The monoisotopic (exact) mass is 213 g/mol. The molecule has 1 aromatic carbocycles. The smallest absolute Gasteiger partial charge is 0.156 e. The van der Waals surface area contributed by atoms with Crippen LogP contribution in [0.25, 0.3) is 22.6 Å². The molecule has 0 aliphatic carbocycles. The predicted molar refractivity (Wildman–Crippen MR) is 62.7 cm³/mol. The molecule has 0 aliphatic rings. The van der Waals surface area contributed by atoms with Crippen LogP contribution in [0.3, 0.4) is 0 Å². The van der Waals surface area contributed by atoms with Crippen molar-refractivity contribution in [2.75, 3.05) is 5.73 Å². The van der Waals surface area contributed by atoms with Crippen molar-refractivity contribution in [1.82, 2.24) is 19.7 Å². The highest BCUT2D eigenvalue weighted by Gasteiger charge is 2.08. The maximum atomic E-state index is 5.72. The zero-order valence-electron chi connectivity index (χ0n) is 8.81. The Morgan fingerprint density at radius 2 is 2.19 bits per heavy atom. The van der Waals surface area contributed by atoms with Crippen LogP contribution < -0.4 is 5.73 Å². The fraction of sp³-hybridized carbons (Fsp3) is 0.0909. The average Bonchev–Trinajstić information content (AvgIpc) is 2.82. The van der Waals surface area contributed by atoms with Gasteiger partial charge in [0.1, 0.15) is 5.69 Å². The fourth-order valence-corrected chi connectivity index (χ4v) is 1.75. The van der Waals surface area contributed by atoms with Gasteiger partial charge >= 0.3 is 0 Å². The van der Waals surface area contributed by atoms with E-state index in [-0.39, 0.29) is 0 Å². The molecule has 0 fully saturated rings. The molecule has 5 nitrogen and oxygen atoms in total. The highest BCUT2D eigenvalue weighted by atomic mass is 15.3. The van der Waals surface area contributed by atoms with Crippen molar-refractivity contribution in [3.8, 4) is 11.5 Å². The van der Waals surface area contributed by atoms with Crippen LogP contribution in [0.4, 0.5) is 5.69 Å². The van der Waals surface area contributed by atoms with Crippen molar-refractivity contribution >= 4 is 16.7 Å². The Balaban J connectivity index is 2.23. The summed E-state index contributed by atoms with van der Waals surface area (Å²) in [6, 6.07) is 7.54. The molecule has 3 N–H and O–H groups in total. The number of fused-ring (bicyclic) bond motifs is 1. The lowest BCUT2D eigenvalue weighted by Gasteiger charge is -1.95. The highest BCUT2D eigenvalue weighted by molar-refractivity contribution is 5.81. The summed E-state index contributed by atoms with van der Waals surface area (Å²) in [5, 5.41) is 4.11. The Bertz CT molecular complexity index is 649. The molecule has 2 aromatic heterocycles. The second-order valence-electron chi connectivity index (χ2n) is 3.70. The van der Waals surface area contributed by atoms with Gasteiger partial charge in [-0.25, -0.2) is 4.98 Å². The number of anilines is 1. The summed E-state index contributed by atoms with van der Waals surface area (Å²) < 4.78 is 1.78. The first-order valence-electron chi connectivity index (χ1n) is 4.97. The number of hydrogen-bond donors (Lipinski definition) is 2. The van der Waals surface area contributed by atoms with Gasteiger partial charge in [-0.1, -0.05) is 0 Å². The van der Waals surface area contributed by atoms with E-state index in [1.807, 2.05) is 31.3 Å². The SMILES string of the molecule is Cn1nccc1-c1nc2ccc(N)cc2[nH]1. The van der Waals surface area contributed by atoms with Crippen LogP contribution >= 0.6 is 0 Å². The maximum Gasteiger partial charge on any atom is 0.156 e. The van der Waals surface area contributed by atoms with Crippen LogP contribution in [0.5, 0.6) is 0 Å². The van der Waals surface area contributed by atoms with E-state index in [2.05, 4.69) is 15.1 Å². The molecule has 80 valence electrons. The normalized spacial score (nSPS) is 11.1. The van der Waals surface area contributed by atoms with Gasteiger partial charge in [0, 0.05) is 18.9 Å². The third-order valence-corrected chi connectivity index (χ3v) is 2.57. The zero-order valence-corrected chi connectivity index (χ0v) is 8.81. The number of nitrogens with zero attached hydrogens (tertiary/aromatic N) is 3. The van der Waals surface area contributed by atoms with E-state index in [1.165, 1.54) is 0 Å². The van der Waals surface area contributed by atoms with Crippen molar-refractivity contribution in [3.63, 3.8) is 0 Å². The molecule has 0 unspecified atom stereocenters. The van der Waals surface area contributed by atoms with Crippen LogP contribution in [0.1, 0.15) is 0 Å². The predicted octanol–water partition coefficient (Wildman–Crippen LogP) is 1.55.